The highest BCUT2D eigenvalue weighted by atomic mass is 19.4. The van der Waals surface area contributed by atoms with Gasteiger partial charge in [0, 0.05) is 44.7 Å². The van der Waals surface area contributed by atoms with Gasteiger partial charge in [-0.1, -0.05) is 24.3 Å². The zero-order valence-corrected chi connectivity index (χ0v) is 21.2. The molecule has 1 N–H and O–H groups in total. The molecule has 1 amide bonds. The molecule has 0 radical (unpaired) electrons. The Morgan fingerprint density at radius 3 is 2.26 bits per heavy atom. The highest BCUT2D eigenvalue weighted by Crippen LogP contribution is 2.36. The van der Waals surface area contributed by atoms with E-state index < -0.39 is 29.2 Å². The van der Waals surface area contributed by atoms with Gasteiger partial charge >= 0.3 is 6.18 Å². The Kier molecular flexibility index (Phi) is 8.16. The number of Topliss-reactive ketones (excluding diaryl/α,β-unsaturated/α-hetero) is 1. The van der Waals surface area contributed by atoms with E-state index in [1.807, 2.05) is 19.1 Å². The van der Waals surface area contributed by atoms with Crippen LogP contribution in [0.4, 0.5) is 28.9 Å². The van der Waals surface area contributed by atoms with Crippen LogP contribution in [0.3, 0.4) is 0 Å². The zero-order chi connectivity index (χ0) is 27.4. The summed E-state index contributed by atoms with van der Waals surface area (Å²) in [5, 5.41) is 2.15. The maximum atomic E-state index is 13.9. The van der Waals surface area contributed by atoms with Crippen molar-refractivity contribution >= 4 is 23.1 Å². The third-order valence-electron chi connectivity index (χ3n) is 6.55. The van der Waals surface area contributed by atoms with Crippen molar-refractivity contribution in [1.29, 1.82) is 0 Å². The summed E-state index contributed by atoms with van der Waals surface area (Å²) in [6.45, 7) is 5.61. The summed E-state index contributed by atoms with van der Waals surface area (Å²) < 4.78 is 55.4. The van der Waals surface area contributed by atoms with Crippen LogP contribution >= 0.6 is 0 Å². The molecule has 0 bridgehead atoms. The van der Waals surface area contributed by atoms with Crippen LogP contribution < -0.4 is 10.2 Å². The minimum atomic E-state index is -4.79. The van der Waals surface area contributed by atoms with Crippen LogP contribution in [0.15, 0.2) is 60.7 Å². The van der Waals surface area contributed by atoms with E-state index >= 15 is 0 Å². The van der Waals surface area contributed by atoms with Gasteiger partial charge in [0.05, 0.1) is 16.8 Å². The molecule has 38 heavy (non-hydrogen) atoms. The molecule has 3 aromatic carbocycles. The summed E-state index contributed by atoms with van der Waals surface area (Å²) >= 11 is 0. The predicted molar refractivity (Wildman–Crippen MR) is 139 cm³/mol. The maximum absolute atomic E-state index is 13.9. The molecule has 1 heterocycles. The molecule has 0 spiro atoms. The third kappa shape index (κ3) is 6.77. The Hall–Kier alpha value is -3.72. The average Bonchev–Trinajstić information content (AvgIpc) is 2.84. The van der Waals surface area contributed by atoms with Gasteiger partial charge in [0.25, 0.3) is 5.91 Å². The molecule has 1 aliphatic heterocycles. The summed E-state index contributed by atoms with van der Waals surface area (Å²) in [7, 11) is 2.07. The number of hydrogen-bond donors (Lipinski definition) is 1. The Labute approximate surface area is 219 Å². The van der Waals surface area contributed by atoms with Gasteiger partial charge in [0.1, 0.15) is 11.6 Å². The quantitative estimate of drug-likeness (QED) is 0.412. The molecule has 200 valence electrons. The van der Waals surface area contributed by atoms with Crippen molar-refractivity contribution < 1.29 is 27.2 Å². The van der Waals surface area contributed by atoms with E-state index in [0.29, 0.717) is 0 Å². The standard InChI is InChI=1S/C29H29F4N3O2/c1-19-13-21(15-22(14-19)36-11-9-35(2)10-12-36)17-23(37)16-20-7-8-27(25(18-20)29(31,32)33)34-28(38)24-5-3-4-6-26(24)30/h3-8,13-15,18H,9-12,16-17H2,1-2H3,(H,34,38). The summed E-state index contributed by atoms with van der Waals surface area (Å²) in [6, 6.07) is 14.3. The van der Waals surface area contributed by atoms with Crippen LogP contribution in [0.25, 0.3) is 0 Å². The number of piperazine rings is 1. The van der Waals surface area contributed by atoms with Crippen molar-refractivity contribution in [1.82, 2.24) is 4.90 Å². The maximum Gasteiger partial charge on any atom is 0.418 e. The molecule has 1 saturated heterocycles. The summed E-state index contributed by atoms with van der Waals surface area (Å²) in [5.41, 5.74) is 1.08. The number of carbonyl (C=O) groups excluding carboxylic acids is 2. The third-order valence-corrected chi connectivity index (χ3v) is 6.55. The van der Waals surface area contributed by atoms with Crippen molar-refractivity contribution in [2.45, 2.75) is 25.9 Å². The second-order valence-electron chi connectivity index (χ2n) is 9.67. The van der Waals surface area contributed by atoms with Crippen LogP contribution in [-0.4, -0.2) is 49.8 Å². The molecule has 0 unspecified atom stereocenters. The van der Waals surface area contributed by atoms with E-state index in [4.69, 9.17) is 0 Å². The lowest BCUT2D eigenvalue weighted by Crippen LogP contribution is -2.44. The number of aryl methyl sites for hydroxylation is 1. The Morgan fingerprint density at radius 2 is 1.58 bits per heavy atom. The lowest BCUT2D eigenvalue weighted by atomic mass is 9.98. The zero-order valence-electron chi connectivity index (χ0n) is 21.2. The highest BCUT2D eigenvalue weighted by Gasteiger charge is 2.34. The number of nitrogens with one attached hydrogen (secondary N) is 1. The molecule has 3 aromatic rings. The average molecular weight is 528 g/mol. The van der Waals surface area contributed by atoms with Crippen molar-refractivity contribution in [3.63, 3.8) is 0 Å². The van der Waals surface area contributed by atoms with Gasteiger partial charge in [0.15, 0.2) is 0 Å². The molecular formula is C29H29F4N3O2. The van der Waals surface area contributed by atoms with Gasteiger partial charge in [-0.05, 0) is 67.1 Å². The predicted octanol–water partition coefficient (Wildman–Crippen LogP) is 5.51. The Morgan fingerprint density at radius 1 is 0.895 bits per heavy atom. The largest absolute Gasteiger partial charge is 0.418 e. The number of hydrogen-bond acceptors (Lipinski definition) is 4. The Balaban J connectivity index is 1.48. The number of halogens is 4. The van der Waals surface area contributed by atoms with Gasteiger partial charge in [-0.15, -0.1) is 0 Å². The fourth-order valence-electron chi connectivity index (χ4n) is 4.59. The first-order valence-electron chi connectivity index (χ1n) is 12.3. The van der Waals surface area contributed by atoms with Crippen LogP contribution in [0, 0.1) is 12.7 Å². The number of anilines is 2. The monoisotopic (exact) mass is 527 g/mol. The fraction of sp³-hybridized carbons (Fsp3) is 0.310. The number of nitrogens with zero attached hydrogens (tertiary/aromatic N) is 2. The van der Waals surface area contributed by atoms with Gasteiger partial charge in [-0.25, -0.2) is 4.39 Å². The summed E-state index contributed by atoms with van der Waals surface area (Å²) in [4.78, 5) is 29.8. The molecule has 5 nitrogen and oxygen atoms in total. The van der Waals surface area contributed by atoms with Crippen molar-refractivity contribution in [2.24, 2.45) is 0 Å². The smallest absolute Gasteiger partial charge is 0.369 e. The van der Waals surface area contributed by atoms with Crippen LogP contribution in [-0.2, 0) is 23.8 Å². The van der Waals surface area contributed by atoms with Crippen LogP contribution in [0.5, 0.6) is 0 Å². The van der Waals surface area contributed by atoms with Crippen LogP contribution in [0.1, 0.15) is 32.6 Å². The van der Waals surface area contributed by atoms with Crippen molar-refractivity contribution in [3.8, 4) is 0 Å². The van der Waals surface area contributed by atoms with Gasteiger partial charge in [0.2, 0.25) is 0 Å². The van der Waals surface area contributed by atoms with E-state index in [2.05, 4.69) is 28.2 Å². The summed E-state index contributed by atoms with van der Waals surface area (Å²) in [5.74, 6) is -2.06. The molecule has 0 atom stereocenters. The van der Waals surface area contributed by atoms with Crippen LogP contribution in [0.2, 0.25) is 0 Å². The van der Waals surface area contributed by atoms with Crippen molar-refractivity contribution in [2.75, 3.05) is 43.4 Å². The number of carbonyl (C=O) groups is 2. The number of amides is 1. The molecule has 0 saturated carbocycles. The van der Waals surface area contributed by atoms with E-state index in [1.54, 1.807) is 0 Å². The SMILES string of the molecule is Cc1cc(CC(=O)Cc2ccc(NC(=O)c3ccccc3F)c(C(F)(F)F)c2)cc(N2CCN(C)CC2)c1. The van der Waals surface area contributed by atoms with Gasteiger partial charge < -0.3 is 15.1 Å². The number of benzene rings is 3. The molecule has 1 fully saturated rings. The molecule has 0 aliphatic carbocycles. The van der Waals surface area contributed by atoms with Crippen molar-refractivity contribution in [3.05, 3.63) is 94.3 Å². The van der Waals surface area contributed by atoms with E-state index in [0.717, 1.165) is 61.2 Å². The minimum Gasteiger partial charge on any atom is -0.369 e. The minimum absolute atomic E-state index is 0.0928. The first kappa shape index (κ1) is 27.3. The first-order chi connectivity index (χ1) is 18.0. The first-order valence-corrected chi connectivity index (χ1v) is 12.3. The van der Waals surface area contributed by atoms with Gasteiger partial charge in [-0.3, -0.25) is 9.59 Å². The second-order valence-corrected chi connectivity index (χ2v) is 9.67. The lowest BCUT2D eigenvalue weighted by Gasteiger charge is -2.34. The van der Waals surface area contributed by atoms with E-state index in [-0.39, 0.29) is 29.8 Å². The number of alkyl halides is 3. The molecule has 4 rings (SSSR count). The van der Waals surface area contributed by atoms with Gasteiger partial charge in [-0.2, -0.15) is 13.2 Å². The van der Waals surface area contributed by atoms with E-state index in [9.17, 15) is 27.2 Å². The normalized spacial score (nSPS) is 14.4. The topological polar surface area (TPSA) is 52.7 Å². The molecule has 1 aliphatic rings. The highest BCUT2D eigenvalue weighted by molar-refractivity contribution is 6.05. The molecule has 9 heteroatoms. The second kappa shape index (κ2) is 11.3. The fourth-order valence-corrected chi connectivity index (χ4v) is 4.59. The number of likely N-dealkylation sites (N-methyl/N-ethyl adjacent to an activating group) is 1. The summed E-state index contributed by atoms with van der Waals surface area (Å²) in [6.07, 6.45) is -4.89. The van der Waals surface area contributed by atoms with E-state index in [1.165, 1.54) is 24.3 Å². The Bertz CT molecular complexity index is 1330. The number of ketones is 1. The molecular weight excluding hydrogens is 498 g/mol. The lowest BCUT2D eigenvalue weighted by molar-refractivity contribution is -0.137. The number of rotatable bonds is 7. The molecule has 0 aromatic heterocycles.